The van der Waals surface area contributed by atoms with Crippen LogP contribution in [-0.4, -0.2) is 64.8 Å². The summed E-state index contributed by atoms with van der Waals surface area (Å²) in [5, 5.41) is 13.2. The molecular formula is C25H37FN2O5. The number of nitrogens with zero attached hydrogens (tertiary/aromatic N) is 1. The Kier molecular flexibility index (Phi) is 5.94. The number of unbranched alkanes of at least 4 members (excludes halogenated alkanes) is 1. The van der Waals surface area contributed by atoms with Crippen molar-refractivity contribution in [1.29, 1.82) is 0 Å². The summed E-state index contributed by atoms with van der Waals surface area (Å²) < 4.78 is 20.0. The Hall–Kier alpha value is -1.70. The van der Waals surface area contributed by atoms with Crippen molar-refractivity contribution in [1.82, 2.24) is 10.2 Å². The first kappa shape index (κ1) is 23.1. The predicted octanol–water partition coefficient (Wildman–Crippen LogP) is 2.49. The second-order valence-electron chi connectivity index (χ2n) is 11.6. The number of ether oxygens (including phenoxy) is 1. The van der Waals surface area contributed by atoms with Crippen LogP contribution in [0.3, 0.4) is 0 Å². The molecule has 0 unspecified atom stereocenters. The van der Waals surface area contributed by atoms with E-state index in [9.17, 15) is 23.9 Å². The number of nitrogens with one attached hydrogen (secondary N) is 1. The van der Waals surface area contributed by atoms with Crippen molar-refractivity contribution in [2.24, 2.45) is 23.2 Å². The normalized spacial score (nSPS) is 38.8. The molecule has 7 nitrogen and oxygen atoms in total. The summed E-state index contributed by atoms with van der Waals surface area (Å²) in [4.78, 5) is 41.0. The van der Waals surface area contributed by atoms with E-state index in [0.29, 0.717) is 17.8 Å². The molecule has 33 heavy (non-hydrogen) atoms. The van der Waals surface area contributed by atoms with Gasteiger partial charge in [0, 0.05) is 18.4 Å². The van der Waals surface area contributed by atoms with Crippen molar-refractivity contribution in [3.05, 3.63) is 0 Å². The summed E-state index contributed by atoms with van der Waals surface area (Å²) in [5.74, 6) is 0.0723. The number of aliphatic hydroxyl groups excluding tert-OH is 1. The third kappa shape index (κ3) is 4.28. The third-order valence-electron chi connectivity index (χ3n) is 8.89. The van der Waals surface area contributed by atoms with Crippen LogP contribution in [0.25, 0.3) is 0 Å². The van der Waals surface area contributed by atoms with E-state index in [0.717, 1.165) is 32.1 Å². The molecule has 1 saturated heterocycles. The minimum absolute atomic E-state index is 0.0336. The lowest BCUT2D eigenvalue weighted by molar-refractivity contribution is -0.159. The van der Waals surface area contributed by atoms with E-state index < -0.39 is 41.1 Å². The molecule has 0 radical (unpaired) electrons. The van der Waals surface area contributed by atoms with E-state index in [1.807, 2.05) is 6.92 Å². The number of halogens is 1. The maximum atomic E-state index is 14.7. The van der Waals surface area contributed by atoms with Gasteiger partial charge in [0.2, 0.25) is 5.91 Å². The van der Waals surface area contributed by atoms with Gasteiger partial charge in [0.15, 0.2) is 5.67 Å². The van der Waals surface area contributed by atoms with Crippen molar-refractivity contribution in [3.8, 4) is 0 Å². The molecule has 0 aromatic rings. The molecule has 6 aliphatic rings. The molecule has 5 aliphatic carbocycles. The highest BCUT2D eigenvalue weighted by molar-refractivity contribution is 5.95. The van der Waals surface area contributed by atoms with Crippen LogP contribution in [0.5, 0.6) is 0 Å². The minimum Gasteiger partial charge on any atom is -0.464 e. The molecule has 2 N–H and O–H groups in total. The SMILES string of the molecule is CCCCOC(=O)[C@@H]1C[C@@H](O)CN1C(=O)[C@@H](NC(=O)C1(F)CC1)C12CC3CC(CC(C3)C1)C2. The van der Waals surface area contributed by atoms with Gasteiger partial charge in [-0.15, -0.1) is 0 Å². The summed E-state index contributed by atoms with van der Waals surface area (Å²) in [5.41, 5.74) is -2.26. The molecule has 1 aliphatic heterocycles. The summed E-state index contributed by atoms with van der Waals surface area (Å²) in [6.45, 7) is 2.31. The van der Waals surface area contributed by atoms with Crippen LogP contribution in [0.4, 0.5) is 4.39 Å². The van der Waals surface area contributed by atoms with E-state index in [-0.39, 0.29) is 38.3 Å². The lowest BCUT2D eigenvalue weighted by Gasteiger charge is -2.59. The lowest BCUT2D eigenvalue weighted by atomic mass is 9.47. The van der Waals surface area contributed by atoms with Gasteiger partial charge in [0.25, 0.3) is 5.91 Å². The van der Waals surface area contributed by atoms with Crippen LogP contribution in [0.15, 0.2) is 0 Å². The molecular weight excluding hydrogens is 427 g/mol. The van der Waals surface area contributed by atoms with Crippen LogP contribution in [0.1, 0.15) is 77.6 Å². The van der Waals surface area contributed by atoms with E-state index in [2.05, 4.69) is 5.32 Å². The molecule has 6 fully saturated rings. The fourth-order valence-electron chi connectivity index (χ4n) is 7.47. The van der Waals surface area contributed by atoms with Gasteiger partial charge >= 0.3 is 5.97 Å². The first-order chi connectivity index (χ1) is 15.7. The van der Waals surface area contributed by atoms with Crippen LogP contribution in [0.2, 0.25) is 0 Å². The first-order valence-corrected chi connectivity index (χ1v) is 12.9. The standard InChI is InChI=1S/C25H37FN2O5/c1-2-3-6-33-22(31)19-10-18(29)14-28(19)21(30)20(27-23(32)25(26)4-5-25)24-11-15-7-16(12-24)9-17(8-15)13-24/h15-20,29H,2-14H2,1H3,(H,27,32)/t15?,16?,17?,18-,19+,20-,24?/m1/s1. The number of esters is 1. The molecule has 0 aromatic heterocycles. The largest absolute Gasteiger partial charge is 0.464 e. The van der Waals surface area contributed by atoms with Gasteiger partial charge < -0.3 is 20.1 Å². The van der Waals surface area contributed by atoms with Gasteiger partial charge in [-0.2, -0.15) is 0 Å². The van der Waals surface area contributed by atoms with Crippen LogP contribution in [0, 0.1) is 23.2 Å². The van der Waals surface area contributed by atoms with Gasteiger partial charge in [-0.25, -0.2) is 9.18 Å². The summed E-state index contributed by atoms with van der Waals surface area (Å²) >= 11 is 0. The molecule has 5 saturated carbocycles. The summed E-state index contributed by atoms with van der Waals surface area (Å²) in [7, 11) is 0. The van der Waals surface area contributed by atoms with Gasteiger partial charge in [0.1, 0.15) is 12.1 Å². The maximum absolute atomic E-state index is 14.7. The van der Waals surface area contributed by atoms with E-state index in [1.165, 1.54) is 24.2 Å². The lowest BCUT2D eigenvalue weighted by Crippen LogP contribution is -2.64. The highest BCUT2D eigenvalue weighted by Crippen LogP contribution is 2.61. The maximum Gasteiger partial charge on any atom is 0.328 e. The Balaban J connectivity index is 1.40. The number of amides is 2. The molecule has 4 bridgehead atoms. The molecule has 184 valence electrons. The second kappa shape index (κ2) is 8.51. The van der Waals surface area contributed by atoms with Crippen molar-refractivity contribution < 1.29 is 28.6 Å². The number of carbonyl (C=O) groups is 3. The van der Waals surface area contributed by atoms with Crippen LogP contribution in [-0.2, 0) is 19.1 Å². The van der Waals surface area contributed by atoms with Crippen LogP contribution >= 0.6 is 0 Å². The Bertz CT molecular complexity index is 777. The molecule has 3 atom stereocenters. The quantitative estimate of drug-likeness (QED) is 0.425. The van der Waals surface area contributed by atoms with E-state index in [1.54, 1.807) is 0 Å². The minimum atomic E-state index is -1.87. The van der Waals surface area contributed by atoms with E-state index in [4.69, 9.17) is 4.74 Å². The van der Waals surface area contributed by atoms with Crippen molar-refractivity contribution >= 4 is 17.8 Å². The Morgan fingerprint density at radius 2 is 1.70 bits per heavy atom. The fraction of sp³-hybridized carbons (Fsp3) is 0.880. The van der Waals surface area contributed by atoms with Crippen LogP contribution < -0.4 is 5.32 Å². The molecule has 2 amide bonds. The van der Waals surface area contributed by atoms with E-state index >= 15 is 0 Å². The molecule has 0 spiro atoms. The van der Waals surface area contributed by atoms with Crippen molar-refractivity contribution in [3.63, 3.8) is 0 Å². The Morgan fingerprint density at radius 1 is 1.09 bits per heavy atom. The number of hydrogen-bond acceptors (Lipinski definition) is 5. The third-order valence-corrected chi connectivity index (χ3v) is 8.89. The number of hydrogen-bond donors (Lipinski definition) is 2. The smallest absolute Gasteiger partial charge is 0.328 e. The number of aliphatic hydroxyl groups is 1. The van der Waals surface area contributed by atoms with Crippen molar-refractivity contribution in [2.45, 2.75) is 101 Å². The second-order valence-corrected chi connectivity index (χ2v) is 11.6. The average Bonchev–Trinajstić information content (AvgIpc) is 3.39. The fourth-order valence-corrected chi connectivity index (χ4v) is 7.47. The average molecular weight is 465 g/mol. The van der Waals surface area contributed by atoms with Gasteiger partial charge in [0.05, 0.1) is 12.7 Å². The number of alkyl halides is 1. The highest BCUT2D eigenvalue weighted by Gasteiger charge is 2.60. The van der Waals surface area contributed by atoms with Crippen molar-refractivity contribution in [2.75, 3.05) is 13.2 Å². The number of carbonyl (C=O) groups excluding carboxylic acids is 3. The predicted molar refractivity (Wildman–Crippen MR) is 118 cm³/mol. The molecule has 1 heterocycles. The molecule has 0 aromatic carbocycles. The summed E-state index contributed by atoms with van der Waals surface area (Å²) in [6, 6.07) is -1.72. The Morgan fingerprint density at radius 3 is 2.24 bits per heavy atom. The molecule has 6 rings (SSSR count). The zero-order valence-electron chi connectivity index (χ0n) is 19.6. The molecule has 8 heteroatoms. The zero-order chi connectivity index (χ0) is 23.4. The van der Waals surface area contributed by atoms with Gasteiger partial charge in [-0.3, -0.25) is 9.59 Å². The van der Waals surface area contributed by atoms with Gasteiger partial charge in [-0.1, -0.05) is 13.3 Å². The topological polar surface area (TPSA) is 95.9 Å². The first-order valence-electron chi connectivity index (χ1n) is 12.9. The number of rotatable bonds is 8. The van der Waals surface area contributed by atoms with Gasteiger partial charge in [-0.05, 0) is 75.5 Å². The Labute approximate surface area is 194 Å². The zero-order valence-corrected chi connectivity index (χ0v) is 19.6. The number of likely N-dealkylation sites (tertiary alicyclic amines) is 1. The highest BCUT2D eigenvalue weighted by atomic mass is 19.1. The monoisotopic (exact) mass is 464 g/mol. The summed E-state index contributed by atoms with van der Waals surface area (Å²) in [6.07, 6.45) is 7.41. The number of β-amino-alcohol motifs (C(OH)–C–C–N with tert-alkyl or cyclic N) is 1.